The van der Waals surface area contributed by atoms with Crippen LogP contribution in [0.25, 0.3) is 0 Å². The molecule has 8 heteroatoms. The minimum Gasteiger partial charge on any atom is -0.484 e. The summed E-state index contributed by atoms with van der Waals surface area (Å²) in [6.07, 6.45) is 0. The number of aryl methyl sites for hydroxylation is 1. The number of benzene rings is 1. The molecule has 0 saturated carbocycles. The first-order valence-electron chi connectivity index (χ1n) is 6.56. The molecule has 120 valence electrons. The van der Waals surface area contributed by atoms with E-state index in [2.05, 4.69) is 47.5 Å². The first-order valence-corrected chi connectivity index (χ1v) is 8.56. The Morgan fingerprint density at radius 1 is 1.22 bits per heavy atom. The molecule has 0 atom stereocenters. The summed E-state index contributed by atoms with van der Waals surface area (Å²) in [5.41, 5.74) is 0.822. The summed E-state index contributed by atoms with van der Waals surface area (Å²) in [5, 5.41) is 5.56. The smallest absolute Gasteiger partial charge is 0.264 e. The van der Waals surface area contributed by atoms with Crippen LogP contribution < -0.4 is 15.4 Å². The highest BCUT2D eigenvalue weighted by Gasteiger charge is 2.07. The molecule has 1 amide bonds. The van der Waals surface area contributed by atoms with Crippen molar-refractivity contribution in [1.29, 1.82) is 0 Å². The summed E-state index contributed by atoms with van der Waals surface area (Å²) < 4.78 is 7.21. The van der Waals surface area contributed by atoms with Crippen LogP contribution in [-0.4, -0.2) is 22.6 Å². The molecule has 5 nitrogen and oxygen atoms in total. The fourth-order valence-corrected chi connectivity index (χ4v) is 2.31. The predicted octanol–water partition coefficient (Wildman–Crippen LogP) is 3.81. The largest absolute Gasteiger partial charge is 0.484 e. The van der Waals surface area contributed by atoms with Crippen LogP contribution in [0, 0.1) is 6.92 Å². The molecule has 0 spiro atoms. The van der Waals surface area contributed by atoms with Gasteiger partial charge in [-0.2, -0.15) is 0 Å². The van der Waals surface area contributed by atoms with Gasteiger partial charge in [0.1, 0.15) is 11.6 Å². The Morgan fingerprint density at radius 3 is 2.57 bits per heavy atom. The van der Waals surface area contributed by atoms with E-state index in [-0.39, 0.29) is 17.6 Å². The van der Waals surface area contributed by atoms with Crippen molar-refractivity contribution < 1.29 is 9.53 Å². The van der Waals surface area contributed by atoms with Gasteiger partial charge in [0, 0.05) is 8.95 Å². The fourth-order valence-electron chi connectivity index (χ4n) is 1.60. The van der Waals surface area contributed by atoms with Crippen molar-refractivity contribution in [2.75, 3.05) is 11.9 Å². The molecular weight excluding hydrogens is 446 g/mol. The van der Waals surface area contributed by atoms with Crippen molar-refractivity contribution in [3.8, 4) is 5.75 Å². The Morgan fingerprint density at radius 2 is 1.91 bits per heavy atom. The Balaban J connectivity index is 1.81. The molecule has 0 saturated heterocycles. The average molecular weight is 459 g/mol. The number of ether oxygens (including phenoxy) is 1. The van der Waals surface area contributed by atoms with Gasteiger partial charge in [-0.3, -0.25) is 10.1 Å². The lowest BCUT2D eigenvalue weighted by Gasteiger charge is -2.10. The van der Waals surface area contributed by atoms with E-state index in [9.17, 15) is 4.79 Å². The number of amides is 1. The molecule has 0 aliphatic heterocycles. The summed E-state index contributed by atoms with van der Waals surface area (Å²) in [5.74, 6) is 0.816. The molecule has 1 aromatic heterocycles. The van der Waals surface area contributed by atoms with Crippen molar-refractivity contribution in [1.82, 2.24) is 10.3 Å². The number of rotatable bonds is 4. The zero-order valence-electron chi connectivity index (χ0n) is 12.1. The van der Waals surface area contributed by atoms with Crippen molar-refractivity contribution >= 4 is 60.9 Å². The van der Waals surface area contributed by atoms with Crippen LogP contribution in [0.3, 0.4) is 0 Å². The quantitative estimate of drug-likeness (QED) is 0.682. The van der Waals surface area contributed by atoms with Crippen molar-refractivity contribution in [3.05, 3.63) is 51.0 Å². The number of anilines is 1. The fraction of sp³-hybridized carbons (Fsp3) is 0.133. The molecule has 2 N–H and O–H groups in total. The van der Waals surface area contributed by atoms with E-state index >= 15 is 0 Å². The maximum absolute atomic E-state index is 11.8. The molecule has 0 unspecified atom stereocenters. The number of aromatic nitrogens is 1. The topological polar surface area (TPSA) is 63.2 Å². The zero-order valence-corrected chi connectivity index (χ0v) is 16.1. The van der Waals surface area contributed by atoms with Crippen LogP contribution in [-0.2, 0) is 4.79 Å². The Labute approximate surface area is 156 Å². The minimum atomic E-state index is -0.348. The monoisotopic (exact) mass is 457 g/mol. The van der Waals surface area contributed by atoms with E-state index in [4.69, 9.17) is 17.0 Å². The highest BCUT2D eigenvalue weighted by molar-refractivity contribution is 9.10. The highest BCUT2D eigenvalue weighted by Crippen LogP contribution is 2.16. The van der Waals surface area contributed by atoms with Crippen LogP contribution in [0.1, 0.15) is 5.69 Å². The summed E-state index contributed by atoms with van der Waals surface area (Å²) in [4.78, 5) is 16.1. The normalized spacial score (nSPS) is 10.0. The molecule has 0 bridgehead atoms. The molecule has 23 heavy (non-hydrogen) atoms. The molecule has 2 rings (SSSR count). The van der Waals surface area contributed by atoms with Crippen LogP contribution in [0.15, 0.2) is 45.3 Å². The number of nitrogens with zero attached hydrogens (tertiary/aromatic N) is 1. The van der Waals surface area contributed by atoms with Crippen molar-refractivity contribution in [2.45, 2.75) is 6.92 Å². The number of carbonyl (C=O) groups excluding carboxylic acids is 1. The van der Waals surface area contributed by atoms with Gasteiger partial charge in [-0.1, -0.05) is 15.9 Å². The van der Waals surface area contributed by atoms with Crippen LogP contribution in [0.4, 0.5) is 5.82 Å². The summed E-state index contributed by atoms with van der Waals surface area (Å²) in [7, 11) is 0. The van der Waals surface area contributed by atoms with E-state index < -0.39 is 0 Å². The van der Waals surface area contributed by atoms with Crippen LogP contribution >= 0.6 is 44.1 Å². The molecule has 0 radical (unpaired) electrons. The number of halogens is 2. The van der Waals surface area contributed by atoms with Gasteiger partial charge in [-0.05, 0) is 71.5 Å². The Kier molecular flexibility index (Phi) is 6.49. The molecule has 1 heterocycles. The first-order chi connectivity index (χ1) is 10.9. The third-order valence-electron chi connectivity index (χ3n) is 2.70. The van der Waals surface area contributed by atoms with Gasteiger partial charge in [0.25, 0.3) is 5.91 Å². The van der Waals surface area contributed by atoms with E-state index in [1.54, 1.807) is 18.2 Å². The van der Waals surface area contributed by atoms with Gasteiger partial charge < -0.3 is 10.1 Å². The van der Waals surface area contributed by atoms with E-state index in [0.717, 1.165) is 14.6 Å². The lowest BCUT2D eigenvalue weighted by Crippen LogP contribution is -2.37. The number of hydrogen-bond donors (Lipinski definition) is 2. The van der Waals surface area contributed by atoms with E-state index in [1.165, 1.54) is 0 Å². The number of pyridine rings is 1. The summed E-state index contributed by atoms with van der Waals surface area (Å²) in [6, 6.07) is 10.8. The zero-order chi connectivity index (χ0) is 16.8. The Hall–Kier alpha value is -1.51. The molecule has 1 aromatic carbocycles. The Bertz CT molecular complexity index is 723. The minimum absolute atomic E-state index is 0.129. The maximum atomic E-state index is 11.8. The maximum Gasteiger partial charge on any atom is 0.264 e. The molecular formula is C15H13Br2N3O2S. The number of hydrogen-bond acceptors (Lipinski definition) is 4. The number of carbonyl (C=O) groups is 1. The van der Waals surface area contributed by atoms with E-state index in [0.29, 0.717) is 11.6 Å². The second-order valence-corrected chi connectivity index (χ2v) is 6.69. The van der Waals surface area contributed by atoms with Gasteiger partial charge in [-0.15, -0.1) is 0 Å². The third kappa shape index (κ3) is 5.89. The number of nitrogens with one attached hydrogen (secondary N) is 2. The standard InChI is InChI=1S/C15H13Br2N3O2S/c1-9-12(17)6-7-13(18-9)19-15(23)20-14(21)8-22-11-4-2-10(16)3-5-11/h2-7H,8H2,1H3,(H2,18,19,20,21,23). The van der Waals surface area contributed by atoms with Gasteiger partial charge in [0.05, 0.1) is 5.69 Å². The van der Waals surface area contributed by atoms with E-state index in [1.807, 2.05) is 25.1 Å². The highest BCUT2D eigenvalue weighted by atomic mass is 79.9. The number of thiocarbonyl (C=S) groups is 1. The third-order valence-corrected chi connectivity index (χ3v) is 4.27. The van der Waals surface area contributed by atoms with Crippen LogP contribution in [0.2, 0.25) is 0 Å². The second-order valence-electron chi connectivity index (χ2n) is 4.51. The van der Waals surface area contributed by atoms with Gasteiger partial charge in [0.15, 0.2) is 11.7 Å². The van der Waals surface area contributed by atoms with Crippen molar-refractivity contribution in [2.24, 2.45) is 0 Å². The molecule has 0 aliphatic rings. The molecule has 0 aliphatic carbocycles. The second kappa shape index (κ2) is 8.37. The summed E-state index contributed by atoms with van der Waals surface area (Å²) >= 11 is 11.8. The SMILES string of the molecule is Cc1nc(NC(=S)NC(=O)COc2ccc(Br)cc2)ccc1Br. The van der Waals surface area contributed by atoms with Gasteiger partial charge in [-0.25, -0.2) is 4.98 Å². The van der Waals surface area contributed by atoms with Crippen molar-refractivity contribution in [3.63, 3.8) is 0 Å². The van der Waals surface area contributed by atoms with Gasteiger partial charge >= 0.3 is 0 Å². The lowest BCUT2D eigenvalue weighted by atomic mass is 10.3. The average Bonchev–Trinajstić information content (AvgIpc) is 2.50. The lowest BCUT2D eigenvalue weighted by molar-refractivity contribution is -0.121. The van der Waals surface area contributed by atoms with Crippen LogP contribution in [0.5, 0.6) is 5.75 Å². The summed E-state index contributed by atoms with van der Waals surface area (Å²) in [6.45, 7) is 1.74. The molecule has 2 aromatic rings. The first kappa shape index (κ1) is 17.8. The van der Waals surface area contributed by atoms with Gasteiger partial charge in [0.2, 0.25) is 0 Å². The predicted molar refractivity (Wildman–Crippen MR) is 101 cm³/mol. The molecule has 0 fully saturated rings.